The molecule has 0 spiro atoms. The molecule has 2 aromatic rings. The van der Waals surface area contributed by atoms with Crippen LogP contribution in [-0.2, 0) is 16.0 Å². The first-order chi connectivity index (χ1) is 13.5. The lowest BCUT2D eigenvalue weighted by Gasteiger charge is -2.31. The number of rotatable bonds is 5. The molecule has 1 fully saturated rings. The third-order valence-corrected chi connectivity index (χ3v) is 6.12. The minimum Gasteiger partial charge on any atom is -0.474 e. The van der Waals surface area contributed by atoms with Gasteiger partial charge in [-0.3, -0.25) is 0 Å². The van der Waals surface area contributed by atoms with E-state index in [-0.39, 0.29) is 28.5 Å². The summed E-state index contributed by atoms with van der Waals surface area (Å²) in [6, 6.07) is 6.48. The quantitative estimate of drug-likeness (QED) is 0.769. The van der Waals surface area contributed by atoms with E-state index in [9.17, 15) is 26.7 Å². The lowest BCUT2D eigenvalue weighted by molar-refractivity contribution is -0.137. The predicted molar refractivity (Wildman–Crippen MR) is 101 cm³/mol. The van der Waals surface area contributed by atoms with Gasteiger partial charge in [0.15, 0.2) is 9.84 Å². The molecule has 1 saturated carbocycles. The van der Waals surface area contributed by atoms with E-state index in [1.165, 1.54) is 24.3 Å². The highest BCUT2D eigenvalue weighted by molar-refractivity contribution is 7.90. The summed E-state index contributed by atoms with van der Waals surface area (Å²) in [5.74, 6) is -0.0809. The smallest absolute Gasteiger partial charge is 0.417 e. The van der Waals surface area contributed by atoms with E-state index in [0.717, 1.165) is 31.6 Å². The fraction of sp³-hybridized carbons (Fsp3) is 0.450. The van der Waals surface area contributed by atoms with Crippen molar-refractivity contribution in [1.82, 2.24) is 4.98 Å². The molecule has 1 N–H and O–H groups in total. The van der Waals surface area contributed by atoms with Gasteiger partial charge in [0, 0.05) is 18.0 Å². The van der Waals surface area contributed by atoms with Gasteiger partial charge >= 0.3 is 6.18 Å². The number of alkyl halides is 3. The highest BCUT2D eigenvalue weighted by Gasteiger charge is 2.33. The van der Waals surface area contributed by atoms with Crippen LogP contribution >= 0.6 is 0 Å². The Morgan fingerprint density at radius 2 is 1.86 bits per heavy atom. The maximum absolute atomic E-state index is 13.2. The minimum atomic E-state index is -4.61. The average molecular weight is 429 g/mol. The van der Waals surface area contributed by atoms with Gasteiger partial charge in [0.05, 0.1) is 16.1 Å². The van der Waals surface area contributed by atoms with Gasteiger partial charge in [0.1, 0.15) is 6.61 Å². The van der Waals surface area contributed by atoms with Gasteiger partial charge in [-0.05, 0) is 36.6 Å². The van der Waals surface area contributed by atoms with Crippen molar-refractivity contribution in [1.29, 1.82) is 0 Å². The van der Waals surface area contributed by atoms with E-state index >= 15 is 0 Å². The maximum Gasteiger partial charge on any atom is 0.417 e. The van der Waals surface area contributed by atoms with Gasteiger partial charge in [0.2, 0.25) is 5.88 Å². The van der Waals surface area contributed by atoms with Gasteiger partial charge < -0.3 is 9.84 Å². The molecule has 1 aliphatic rings. The van der Waals surface area contributed by atoms with E-state index in [1.807, 2.05) is 0 Å². The second-order valence-corrected chi connectivity index (χ2v) is 9.46. The molecular formula is C20H22F3NO4S. The lowest BCUT2D eigenvalue weighted by atomic mass is 9.85. The molecule has 0 atom stereocenters. The Morgan fingerprint density at radius 1 is 1.17 bits per heavy atom. The van der Waals surface area contributed by atoms with Crippen molar-refractivity contribution in [3.05, 3.63) is 42.1 Å². The fourth-order valence-corrected chi connectivity index (χ4v) is 4.05. The van der Waals surface area contributed by atoms with Crippen molar-refractivity contribution in [2.45, 2.75) is 48.8 Å². The van der Waals surface area contributed by atoms with Crippen molar-refractivity contribution >= 4 is 9.84 Å². The Bertz CT molecular complexity index is 983. The van der Waals surface area contributed by atoms with E-state index in [1.54, 1.807) is 0 Å². The van der Waals surface area contributed by atoms with Crippen LogP contribution in [0.5, 0.6) is 5.88 Å². The zero-order valence-corrected chi connectivity index (χ0v) is 16.7. The number of aromatic nitrogens is 1. The number of pyridine rings is 1. The first-order valence-electron chi connectivity index (χ1n) is 9.21. The Morgan fingerprint density at radius 3 is 2.48 bits per heavy atom. The third-order valence-electron chi connectivity index (χ3n) is 5.01. The summed E-state index contributed by atoms with van der Waals surface area (Å²) in [5, 5.41) is 10.6. The summed E-state index contributed by atoms with van der Waals surface area (Å²) in [5.41, 5.74) is -1.77. The molecule has 1 aromatic heterocycles. The molecule has 0 radical (unpaired) electrons. The molecule has 1 aromatic carbocycles. The Balaban J connectivity index is 2.01. The number of sulfone groups is 1. The topological polar surface area (TPSA) is 76.5 Å². The molecule has 0 saturated heterocycles. The second-order valence-electron chi connectivity index (χ2n) is 7.45. The number of nitrogens with zero attached hydrogens (tertiary/aromatic N) is 1. The molecule has 0 aliphatic heterocycles. The molecule has 0 amide bonds. The van der Waals surface area contributed by atoms with Gasteiger partial charge in [-0.25, -0.2) is 13.4 Å². The predicted octanol–water partition coefficient (Wildman–Crippen LogP) is 4.24. The molecule has 3 rings (SSSR count). The van der Waals surface area contributed by atoms with Crippen molar-refractivity contribution in [3.8, 4) is 17.0 Å². The molecule has 0 bridgehead atoms. The van der Waals surface area contributed by atoms with Crippen LogP contribution in [0, 0.1) is 0 Å². The van der Waals surface area contributed by atoms with Crippen LogP contribution in [0.2, 0.25) is 0 Å². The zero-order valence-electron chi connectivity index (χ0n) is 15.9. The molecule has 0 unspecified atom stereocenters. The van der Waals surface area contributed by atoms with Crippen LogP contribution in [0.3, 0.4) is 0 Å². The number of benzene rings is 1. The molecule has 5 nitrogen and oxygen atoms in total. The Hall–Kier alpha value is -2.13. The minimum absolute atomic E-state index is 0.0183. The summed E-state index contributed by atoms with van der Waals surface area (Å²) in [6.45, 7) is -0.0931. The second kappa shape index (κ2) is 7.95. The third kappa shape index (κ3) is 5.27. The van der Waals surface area contributed by atoms with Crippen LogP contribution in [0.4, 0.5) is 13.2 Å². The molecule has 1 aliphatic carbocycles. The summed E-state index contributed by atoms with van der Waals surface area (Å²) in [7, 11) is -3.55. The van der Waals surface area contributed by atoms with Crippen molar-refractivity contribution in [2.75, 3.05) is 12.9 Å². The van der Waals surface area contributed by atoms with Crippen LogP contribution < -0.4 is 4.74 Å². The molecule has 9 heteroatoms. The zero-order chi connectivity index (χ0) is 21.3. The number of hydrogen-bond acceptors (Lipinski definition) is 5. The van der Waals surface area contributed by atoms with E-state index < -0.39 is 27.2 Å². The van der Waals surface area contributed by atoms with Crippen molar-refractivity contribution in [3.63, 3.8) is 0 Å². The fourth-order valence-electron chi connectivity index (χ4n) is 3.38. The van der Waals surface area contributed by atoms with Crippen molar-refractivity contribution in [2.24, 2.45) is 0 Å². The normalized spacial score (nSPS) is 17.1. The number of aliphatic hydroxyl groups is 1. The monoisotopic (exact) mass is 429 g/mol. The first-order valence-corrected chi connectivity index (χ1v) is 11.1. The van der Waals surface area contributed by atoms with Gasteiger partial charge in [-0.1, -0.05) is 31.4 Å². The molecule has 29 heavy (non-hydrogen) atoms. The Kier molecular flexibility index (Phi) is 5.91. The van der Waals surface area contributed by atoms with Gasteiger partial charge in [0.25, 0.3) is 0 Å². The van der Waals surface area contributed by atoms with Gasteiger partial charge in [-0.15, -0.1) is 0 Å². The van der Waals surface area contributed by atoms with Crippen LogP contribution in [0.1, 0.15) is 37.7 Å². The van der Waals surface area contributed by atoms with Crippen molar-refractivity contribution < 1.29 is 31.4 Å². The van der Waals surface area contributed by atoms with E-state index in [0.29, 0.717) is 19.0 Å². The summed E-state index contributed by atoms with van der Waals surface area (Å²) < 4.78 is 68.9. The van der Waals surface area contributed by atoms with Crippen LogP contribution in [0.15, 0.2) is 41.4 Å². The Labute approximate surface area is 167 Å². The lowest BCUT2D eigenvalue weighted by Crippen LogP contribution is -2.38. The number of ether oxygens (including phenoxy) is 1. The summed E-state index contributed by atoms with van der Waals surface area (Å²) in [6.07, 6.45) is 0.892. The largest absolute Gasteiger partial charge is 0.474 e. The number of halogens is 3. The standard InChI is InChI=1S/C20H22F3NO4S/c1-29(26,27)16-7-5-6-14(10-16)17-11-15(20(21,22)23)12-24-18(17)28-13-19(25)8-3-2-4-9-19/h5-7,10-12,25H,2-4,8-9,13H2,1H3. The highest BCUT2D eigenvalue weighted by atomic mass is 32.2. The summed E-state index contributed by atoms with van der Waals surface area (Å²) >= 11 is 0. The first kappa shape index (κ1) is 21.6. The van der Waals surface area contributed by atoms with Crippen LogP contribution in [-0.4, -0.2) is 37.0 Å². The molecule has 158 valence electrons. The van der Waals surface area contributed by atoms with Gasteiger partial charge in [-0.2, -0.15) is 13.2 Å². The molecular weight excluding hydrogens is 407 g/mol. The maximum atomic E-state index is 13.2. The summed E-state index contributed by atoms with van der Waals surface area (Å²) in [4.78, 5) is 3.80. The number of hydrogen-bond donors (Lipinski definition) is 1. The van der Waals surface area contributed by atoms with Crippen LogP contribution in [0.25, 0.3) is 11.1 Å². The van der Waals surface area contributed by atoms with E-state index in [4.69, 9.17) is 4.74 Å². The molecule has 1 heterocycles. The average Bonchev–Trinajstić information content (AvgIpc) is 2.65. The SMILES string of the molecule is CS(=O)(=O)c1cccc(-c2cc(C(F)(F)F)cnc2OCC2(O)CCCCC2)c1. The van der Waals surface area contributed by atoms with E-state index in [2.05, 4.69) is 4.98 Å². The highest BCUT2D eigenvalue weighted by Crippen LogP contribution is 2.37.